The normalized spacial score (nSPS) is 20.7. The first-order valence-electron chi connectivity index (χ1n) is 6.06. The average molecular weight is 328 g/mol. The van der Waals surface area contributed by atoms with E-state index in [2.05, 4.69) is 15.9 Å². The minimum Gasteiger partial charge on any atom is -0.383 e. The summed E-state index contributed by atoms with van der Waals surface area (Å²) >= 11 is 3.42. The smallest absolute Gasteiger partial charge is 0.216 e. The van der Waals surface area contributed by atoms with E-state index in [1.165, 1.54) is 10.7 Å². The summed E-state index contributed by atoms with van der Waals surface area (Å²) in [6, 6.07) is 0. The summed E-state index contributed by atoms with van der Waals surface area (Å²) in [7, 11) is 0.148. The molecule has 0 aromatic rings. The Morgan fingerprint density at radius 1 is 1.35 bits per heavy atom. The zero-order valence-corrected chi connectivity index (χ0v) is 13.0. The highest BCUT2D eigenvalue weighted by Crippen LogP contribution is 2.25. The van der Waals surface area contributed by atoms with E-state index >= 15 is 0 Å². The minimum absolute atomic E-state index is 0.0517. The molecule has 1 atom stereocenters. The standard InChI is InChI=1S/C11H22BrNO3S/c1-13(8-10(12)9-16-2)17(14,15)11-6-4-3-5-7-11/h10-11H,3-9H2,1-2H3. The summed E-state index contributed by atoms with van der Waals surface area (Å²) in [5.74, 6) is 0. The molecule has 1 aliphatic carbocycles. The number of ether oxygens (including phenoxy) is 1. The van der Waals surface area contributed by atoms with Crippen molar-refractivity contribution in [3.8, 4) is 0 Å². The molecule has 0 spiro atoms. The Kier molecular flexibility index (Phi) is 6.40. The van der Waals surface area contributed by atoms with Gasteiger partial charge in [0.1, 0.15) is 0 Å². The third-order valence-electron chi connectivity index (χ3n) is 3.21. The minimum atomic E-state index is -3.13. The van der Waals surface area contributed by atoms with Gasteiger partial charge in [0.15, 0.2) is 0 Å². The van der Waals surface area contributed by atoms with Gasteiger partial charge in [0.25, 0.3) is 0 Å². The topological polar surface area (TPSA) is 46.6 Å². The van der Waals surface area contributed by atoms with Gasteiger partial charge in [-0.05, 0) is 12.8 Å². The Bertz CT molecular complexity index is 315. The average Bonchev–Trinajstić information content (AvgIpc) is 2.30. The molecule has 0 aromatic heterocycles. The van der Waals surface area contributed by atoms with Crippen LogP contribution in [0, 0.1) is 0 Å². The van der Waals surface area contributed by atoms with Crippen molar-refractivity contribution in [2.75, 3.05) is 27.3 Å². The van der Waals surface area contributed by atoms with Crippen LogP contribution in [0.25, 0.3) is 0 Å². The van der Waals surface area contributed by atoms with E-state index in [1.807, 2.05) is 0 Å². The molecule has 1 fully saturated rings. The van der Waals surface area contributed by atoms with E-state index in [-0.39, 0.29) is 10.1 Å². The molecule has 1 rings (SSSR count). The van der Waals surface area contributed by atoms with E-state index in [0.29, 0.717) is 13.2 Å². The lowest BCUT2D eigenvalue weighted by atomic mass is 10.0. The largest absolute Gasteiger partial charge is 0.383 e. The third kappa shape index (κ3) is 4.50. The van der Waals surface area contributed by atoms with Crippen LogP contribution in [-0.4, -0.2) is 50.1 Å². The number of halogens is 1. The van der Waals surface area contributed by atoms with E-state index in [0.717, 1.165) is 25.7 Å². The molecule has 102 valence electrons. The highest BCUT2D eigenvalue weighted by molar-refractivity contribution is 9.09. The molecule has 0 aliphatic heterocycles. The molecule has 1 aliphatic rings. The molecule has 0 radical (unpaired) electrons. The van der Waals surface area contributed by atoms with Crippen molar-refractivity contribution in [1.29, 1.82) is 0 Å². The molecule has 6 heteroatoms. The van der Waals surface area contributed by atoms with E-state index in [1.54, 1.807) is 14.2 Å². The Labute approximate surface area is 113 Å². The molecule has 17 heavy (non-hydrogen) atoms. The first-order chi connectivity index (χ1) is 7.98. The Morgan fingerprint density at radius 3 is 2.47 bits per heavy atom. The van der Waals surface area contributed by atoms with Crippen molar-refractivity contribution in [3.05, 3.63) is 0 Å². The van der Waals surface area contributed by atoms with Crippen LogP contribution in [-0.2, 0) is 14.8 Å². The molecule has 0 saturated heterocycles. The lowest BCUT2D eigenvalue weighted by molar-refractivity contribution is 0.195. The Hall–Kier alpha value is 0.350. The highest BCUT2D eigenvalue weighted by Gasteiger charge is 2.31. The molecular weight excluding hydrogens is 306 g/mol. The zero-order valence-electron chi connectivity index (χ0n) is 10.6. The Morgan fingerprint density at radius 2 is 1.94 bits per heavy atom. The monoisotopic (exact) mass is 327 g/mol. The fourth-order valence-corrected chi connectivity index (χ4v) is 4.95. The van der Waals surface area contributed by atoms with Gasteiger partial charge in [-0.25, -0.2) is 12.7 Å². The number of sulfonamides is 1. The van der Waals surface area contributed by atoms with Crippen molar-refractivity contribution in [2.45, 2.75) is 42.2 Å². The van der Waals surface area contributed by atoms with Crippen LogP contribution >= 0.6 is 15.9 Å². The third-order valence-corrected chi connectivity index (χ3v) is 6.10. The predicted molar refractivity (Wildman–Crippen MR) is 73.0 cm³/mol. The maximum Gasteiger partial charge on any atom is 0.216 e. The van der Waals surface area contributed by atoms with Gasteiger partial charge in [-0.2, -0.15) is 0 Å². The fraction of sp³-hybridized carbons (Fsp3) is 1.00. The van der Waals surface area contributed by atoms with Gasteiger partial charge in [0.2, 0.25) is 10.0 Å². The fourth-order valence-electron chi connectivity index (χ4n) is 2.23. The van der Waals surface area contributed by atoms with Gasteiger partial charge >= 0.3 is 0 Å². The molecule has 0 aromatic carbocycles. The second-order valence-corrected chi connectivity index (χ2v) is 8.25. The van der Waals surface area contributed by atoms with E-state index in [9.17, 15) is 8.42 Å². The van der Waals surface area contributed by atoms with Crippen LogP contribution in [0.1, 0.15) is 32.1 Å². The van der Waals surface area contributed by atoms with Crippen molar-refractivity contribution in [2.24, 2.45) is 0 Å². The van der Waals surface area contributed by atoms with Gasteiger partial charge in [-0.15, -0.1) is 0 Å². The van der Waals surface area contributed by atoms with Crippen LogP contribution in [0.15, 0.2) is 0 Å². The molecule has 1 unspecified atom stereocenters. The molecule has 0 bridgehead atoms. The highest BCUT2D eigenvalue weighted by atomic mass is 79.9. The summed E-state index contributed by atoms with van der Waals surface area (Å²) in [6.45, 7) is 0.983. The second kappa shape index (κ2) is 7.07. The predicted octanol–water partition coefficient (Wildman–Crippen LogP) is 1.99. The van der Waals surface area contributed by atoms with E-state index in [4.69, 9.17) is 4.74 Å². The number of hydrogen-bond acceptors (Lipinski definition) is 3. The van der Waals surface area contributed by atoms with Crippen LogP contribution < -0.4 is 0 Å². The van der Waals surface area contributed by atoms with Crippen LogP contribution in [0.2, 0.25) is 0 Å². The van der Waals surface area contributed by atoms with Crippen LogP contribution in [0.5, 0.6) is 0 Å². The molecule has 4 nitrogen and oxygen atoms in total. The van der Waals surface area contributed by atoms with E-state index < -0.39 is 10.0 Å². The number of rotatable bonds is 6. The lowest BCUT2D eigenvalue weighted by Gasteiger charge is -2.28. The maximum atomic E-state index is 12.3. The number of nitrogens with zero attached hydrogens (tertiary/aromatic N) is 1. The molecule has 0 amide bonds. The summed E-state index contributed by atoms with van der Waals surface area (Å²) < 4.78 is 31.0. The summed E-state index contributed by atoms with van der Waals surface area (Å²) in [6.07, 6.45) is 4.86. The second-order valence-electron chi connectivity index (χ2n) is 4.64. The van der Waals surface area contributed by atoms with Crippen molar-refractivity contribution in [3.63, 3.8) is 0 Å². The van der Waals surface area contributed by atoms with Crippen molar-refractivity contribution in [1.82, 2.24) is 4.31 Å². The van der Waals surface area contributed by atoms with Gasteiger partial charge in [-0.1, -0.05) is 35.2 Å². The first kappa shape index (κ1) is 15.4. The van der Waals surface area contributed by atoms with Gasteiger partial charge < -0.3 is 4.74 Å². The van der Waals surface area contributed by atoms with Crippen LogP contribution in [0.4, 0.5) is 0 Å². The summed E-state index contributed by atoms with van der Waals surface area (Å²) in [5, 5.41) is -0.177. The van der Waals surface area contributed by atoms with Gasteiger partial charge in [0.05, 0.1) is 16.7 Å². The molecule has 0 N–H and O–H groups in total. The first-order valence-corrected chi connectivity index (χ1v) is 8.48. The quantitative estimate of drug-likeness (QED) is 0.701. The van der Waals surface area contributed by atoms with Crippen LogP contribution in [0.3, 0.4) is 0 Å². The lowest BCUT2D eigenvalue weighted by Crippen LogP contribution is -2.40. The maximum absolute atomic E-state index is 12.3. The number of alkyl halides is 1. The number of hydrogen-bond donors (Lipinski definition) is 0. The van der Waals surface area contributed by atoms with Crippen molar-refractivity contribution < 1.29 is 13.2 Å². The summed E-state index contributed by atoms with van der Waals surface area (Å²) in [4.78, 5) is 0.0517. The zero-order chi connectivity index (χ0) is 12.9. The summed E-state index contributed by atoms with van der Waals surface area (Å²) in [5.41, 5.74) is 0. The Balaban J connectivity index is 2.56. The molecule has 1 saturated carbocycles. The SMILES string of the molecule is COCC(Br)CN(C)S(=O)(=O)C1CCCCC1. The number of methoxy groups -OCH3 is 1. The van der Waals surface area contributed by atoms with Gasteiger partial charge in [0, 0.05) is 20.7 Å². The molecule has 0 heterocycles. The molecular formula is C11H22BrNO3S. The van der Waals surface area contributed by atoms with Crippen molar-refractivity contribution >= 4 is 26.0 Å². The van der Waals surface area contributed by atoms with Gasteiger partial charge in [-0.3, -0.25) is 0 Å².